The van der Waals surface area contributed by atoms with Crippen molar-refractivity contribution in [2.45, 2.75) is 33.8 Å². The molecule has 6 nitrogen and oxygen atoms in total. The third kappa shape index (κ3) is 3.66. The van der Waals surface area contributed by atoms with Gasteiger partial charge in [0, 0.05) is 12.1 Å². The zero-order valence-corrected chi connectivity index (χ0v) is 11.1. The third-order valence-corrected chi connectivity index (χ3v) is 2.76. The first-order valence-corrected chi connectivity index (χ1v) is 5.75. The van der Waals surface area contributed by atoms with Crippen molar-refractivity contribution < 1.29 is 10.0 Å². The Kier molecular flexibility index (Phi) is 4.24. The number of nitro groups is 1. The van der Waals surface area contributed by atoms with E-state index in [-0.39, 0.29) is 11.1 Å². The number of nitrogens with one attached hydrogen (secondary N) is 1. The van der Waals surface area contributed by atoms with Gasteiger partial charge in [0.1, 0.15) is 12.0 Å². The topological polar surface area (TPSA) is 88.3 Å². The summed E-state index contributed by atoms with van der Waals surface area (Å²) in [5.41, 5.74) is 0.322. The number of hydrogen-bond donors (Lipinski definition) is 2. The van der Waals surface area contributed by atoms with E-state index < -0.39 is 11.0 Å². The van der Waals surface area contributed by atoms with Crippen molar-refractivity contribution in [2.24, 2.45) is 5.41 Å². The summed E-state index contributed by atoms with van der Waals surface area (Å²) in [5, 5.41) is 23.5. The molecule has 0 aliphatic carbocycles. The van der Waals surface area contributed by atoms with Gasteiger partial charge >= 0.3 is 0 Å². The van der Waals surface area contributed by atoms with E-state index in [1.54, 1.807) is 13.0 Å². The molecule has 0 aliphatic rings. The summed E-state index contributed by atoms with van der Waals surface area (Å²) in [6.45, 7) is 7.83. The zero-order valence-electron chi connectivity index (χ0n) is 11.1. The standard InChI is InChI=1S/C12H19N3O3/c1-8-5-11(13-6-9(8)15(17)18)14-7-10(16)12(2,3)4/h5-6,10,16H,7H2,1-4H3,(H,13,14). The predicted octanol–water partition coefficient (Wildman–Crippen LogP) is 2.12. The van der Waals surface area contributed by atoms with Crippen LogP contribution in [0, 0.1) is 22.5 Å². The minimum Gasteiger partial charge on any atom is -0.391 e. The van der Waals surface area contributed by atoms with Crippen LogP contribution in [0.2, 0.25) is 0 Å². The van der Waals surface area contributed by atoms with Crippen LogP contribution in [0.4, 0.5) is 11.5 Å². The first-order chi connectivity index (χ1) is 8.21. The van der Waals surface area contributed by atoms with Gasteiger partial charge in [-0.3, -0.25) is 10.1 Å². The average molecular weight is 253 g/mol. The van der Waals surface area contributed by atoms with E-state index in [1.165, 1.54) is 6.20 Å². The van der Waals surface area contributed by atoms with Gasteiger partial charge in [-0.25, -0.2) is 4.98 Å². The Hall–Kier alpha value is -1.69. The lowest BCUT2D eigenvalue weighted by Crippen LogP contribution is -2.33. The van der Waals surface area contributed by atoms with E-state index in [4.69, 9.17) is 0 Å². The molecular formula is C12H19N3O3. The van der Waals surface area contributed by atoms with Crippen LogP contribution in [0.3, 0.4) is 0 Å². The van der Waals surface area contributed by atoms with E-state index in [2.05, 4.69) is 10.3 Å². The van der Waals surface area contributed by atoms with E-state index >= 15 is 0 Å². The molecule has 0 amide bonds. The molecule has 1 atom stereocenters. The smallest absolute Gasteiger partial charge is 0.290 e. The molecule has 2 N–H and O–H groups in total. The summed E-state index contributed by atoms with van der Waals surface area (Å²) in [5.74, 6) is 0.529. The lowest BCUT2D eigenvalue weighted by atomic mass is 9.89. The fourth-order valence-electron chi connectivity index (χ4n) is 1.34. The molecule has 0 saturated heterocycles. The van der Waals surface area contributed by atoms with Crippen molar-refractivity contribution in [2.75, 3.05) is 11.9 Å². The van der Waals surface area contributed by atoms with E-state index in [0.29, 0.717) is 17.9 Å². The first-order valence-electron chi connectivity index (χ1n) is 5.75. The molecule has 18 heavy (non-hydrogen) atoms. The largest absolute Gasteiger partial charge is 0.391 e. The predicted molar refractivity (Wildman–Crippen MR) is 69.6 cm³/mol. The van der Waals surface area contributed by atoms with Gasteiger partial charge in [-0.2, -0.15) is 0 Å². The molecule has 0 bridgehead atoms. The minimum absolute atomic E-state index is 0.00285. The highest BCUT2D eigenvalue weighted by molar-refractivity contribution is 5.46. The molecule has 0 saturated carbocycles. The molecule has 0 aliphatic heterocycles. The van der Waals surface area contributed by atoms with Gasteiger partial charge in [-0.15, -0.1) is 0 Å². The summed E-state index contributed by atoms with van der Waals surface area (Å²) in [6, 6.07) is 1.60. The highest BCUT2D eigenvalue weighted by Gasteiger charge is 2.22. The molecule has 1 heterocycles. The molecule has 1 unspecified atom stereocenters. The molecule has 0 aromatic carbocycles. The average Bonchev–Trinajstić information content (AvgIpc) is 2.24. The highest BCUT2D eigenvalue weighted by atomic mass is 16.6. The van der Waals surface area contributed by atoms with Gasteiger partial charge in [-0.05, 0) is 18.4 Å². The molecule has 1 aromatic heterocycles. The molecule has 1 rings (SSSR count). The monoisotopic (exact) mass is 253 g/mol. The number of anilines is 1. The van der Waals surface area contributed by atoms with Gasteiger partial charge in [0.05, 0.1) is 11.0 Å². The van der Waals surface area contributed by atoms with Crippen LogP contribution < -0.4 is 5.32 Å². The summed E-state index contributed by atoms with van der Waals surface area (Å²) < 4.78 is 0. The van der Waals surface area contributed by atoms with Gasteiger partial charge < -0.3 is 10.4 Å². The SMILES string of the molecule is Cc1cc(NCC(O)C(C)(C)C)ncc1[N+](=O)[O-]. The Morgan fingerprint density at radius 1 is 1.56 bits per heavy atom. The van der Waals surface area contributed by atoms with E-state index in [1.807, 2.05) is 20.8 Å². The molecule has 6 heteroatoms. The van der Waals surface area contributed by atoms with Gasteiger partial charge in [0.15, 0.2) is 0 Å². The Labute approximate surface area is 106 Å². The quantitative estimate of drug-likeness (QED) is 0.633. The molecule has 0 radical (unpaired) electrons. The fraction of sp³-hybridized carbons (Fsp3) is 0.583. The molecule has 0 fully saturated rings. The number of rotatable bonds is 4. The Morgan fingerprint density at radius 2 is 2.17 bits per heavy atom. The minimum atomic E-state index is -0.519. The second kappa shape index (κ2) is 5.30. The number of nitrogens with zero attached hydrogens (tertiary/aromatic N) is 2. The number of pyridine rings is 1. The molecular weight excluding hydrogens is 234 g/mol. The van der Waals surface area contributed by atoms with Crippen molar-refractivity contribution in [3.63, 3.8) is 0 Å². The van der Waals surface area contributed by atoms with Crippen LogP contribution in [0.15, 0.2) is 12.3 Å². The van der Waals surface area contributed by atoms with Crippen LogP contribution in [-0.4, -0.2) is 27.7 Å². The number of aromatic nitrogens is 1. The van der Waals surface area contributed by atoms with Gasteiger partial charge in [0.2, 0.25) is 0 Å². The maximum Gasteiger partial charge on any atom is 0.290 e. The van der Waals surface area contributed by atoms with Crippen LogP contribution in [0.5, 0.6) is 0 Å². The van der Waals surface area contributed by atoms with Crippen molar-refractivity contribution in [1.29, 1.82) is 0 Å². The lowest BCUT2D eigenvalue weighted by molar-refractivity contribution is -0.385. The van der Waals surface area contributed by atoms with Crippen molar-refractivity contribution in [3.05, 3.63) is 27.9 Å². The Balaban J connectivity index is 2.70. The van der Waals surface area contributed by atoms with Crippen molar-refractivity contribution in [3.8, 4) is 0 Å². The molecule has 100 valence electrons. The van der Waals surface area contributed by atoms with Crippen molar-refractivity contribution >= 4 is 11.5 Å². The molecule has 0 spiro atoms. The fourth-order valence-corrected chi connectivity index (χ4v) is 1.34. The Morgan fingerprint density at radius 3 is 2.61 bits per heavy atom. The van der Waals surface area contributed by atoms with E-state index in [0.717, 1.165) is 0 Å². The Bertz CT molecular complexity index is 441. The first kappa shape index (κ1) is 14.4. The van der Waals surface area contributed by atoms with Crippen molar-refractivity contribution in [1.82, 2.24) is 4.98 Å². The summed E-state index contributed by atoms with van der Waals surface area (Å²) in [4.78, 5) is 14.1. The van der Waals surface area contributed by atoms with E-state index in [9.17, 15) is 15.2 Å². The molecule has 1 aromatic rings. The zero-order chi connectivity index (χ0) is 13.9. The number of hydrogen-bond acceptors (Lipinski definition) is 5. The van der Waals surface area contributed by atoms with Crippen LogP contribution in [0.1, 0.15) is 26.3 Å². The number of aliphatic hydroxyl groups excluding tert-OH is 1. The van der Waals surface area contributed by atoms with Crippen LogP contribution in [-0.2, 0) is 0 Å². The maximum absolute atomic E-state index is 10.6. The maximum atomic E-state index is 10.6. The lowest BCUT2D eigenvalue weighted by Gasteiger charge is -2.26. The van der Waals surface area contributed by atoms with Gasteiger partial charge in [-0.1, -0.05) is 20.8 Å². The second-order valence-electron chi connectivity index (χ2n) is 5.38. The highest BCUT2D eigenvalue weighted by Crippen LogP contribution is 2.21. The summed E-state index contributed by atoms with van der Waals surface area (Å²) >= 11 is 0. The summed E-state index contributed by atoms with van der Waals surface area (Å²) in [6.07, 6.45) is 0.705. The van der Waals surface area contributed by atoms with Crippen LogP contribution >= 0.6 is 0 Å². The normalized spacial score (nSPS) is 13.2. The number of aryl methyl sites for hydroxylation is 1. The van der Waals surface area contributed by atoms with Gasteiger partial charge in [0.25, 0.3) is 5.69 Å². The third-order valence-electron chi connectivity index (χ3n) is 2.76. The summed E-state index contributed by atoms with van der Waals surface area (Å²) in [7, 11) is 0. The second-order valence-corrected chi connectivity index (χ2v) is 5.38. The number of aliphatic hydroxyl groups is 1. The van der Waals surface area contributed by atoms with Crippen LogP contribution in [0.25, 0.3) is 0 Å².